The van der Waals surface area contributed by atoms with E-state index in [0.717, 1.165) is 69.8 Å². The lowest BCUT2D eigenvalue weighted by Crippen LogP contribution is -2.45. The second-order valence-corrected chi connectivity index (χ2v) is 14.4. The third-order valence-electron chi connectivity index (χ3n) is 9.42. The summed E-state index contributed by atoms with van der Waals surface area (Å²) in [4.78, 5) is 18.5. The predicted octanol–water partition coefficient (Wildman–Crippen LogP) is 4.34. The van der Waals surface area contributed by atoms with Crippen LogP contribution in [0.3, 0.4) is 0 Å². The Morgan fingerprint density at radius 3 is 2.39 bits per heavy atom. The number of aryl methyl sites for hydroxylation is 2. The molecule has 6 rings (SSSR count). The summed E-state index contributed by atoms with van der Waals surface area (Å²) in [5.74, 6) is 1.44. The van der Waals surface area contributed by atoms with Crippen molar-refractivity contribution in [2.24, 2.45) is 0 Å². The topological polar surface area (TPSA) is 110 Å². The summed E-state index contributed by atoms with van der Waals surface area (Å²) in [7, 11) is -2.14. The summed E-state index contributed by atoms with van der Waals surface area (Å²) < 4.78 is 47.2. The molecule has 1 aliphatic carbocycles. The van der Waals surface area contributed by atoms with E-state index in [4.69, 9.17) is 19.2 Å². The second-order valence-electron chi connectivity index (χ2n) is 12.6. The van der Waals surface area contributed by atoms with E-state index in [1.165, 1.54) is 12.8 Å². The Hall–Kier alpha value is -3.32. The molecule has 1 saturated carbocycles. The van der Waals surface area contributed by atoms with Gasteiger partial charge in [-0.05, 0) is 101 Å². The van der Waals surface area contributed by atoms with Gasteiger partial charge < -0.3 is 24.0 Å². The maximum absolute atomic E-state index is 13.8. The van der Waals surface area contributed by atoms with E-state index >= 15 is 0 Å². The average molecular weight is 651 g/mol. The van der Waals surface area contributed by atoms with Gasteiger partial charge in [0.1, 0.15) is 18.2 Å². The molecular formula is C34H46N6O5S. The van der Waals surface area contributed by atoms with Crippen molar-refractivity contribution in [2.75, 3.05) is 64.5 Å². The van der Waals surface area contributed by atoms with Gasteiger partial charge in [0, 0.05) is 56.4 Å². The van der Waals surface area contributed by atoms with Crippen LogP contribution >= 0.6 is 0 Å². The van der Waals surface area contributed by atoms with E-state index in [-0.39, 0.29) is 30.8 Å². The Bertz CT molecular complexity index is 1550. The smallest absolute Gasteiger partial charge is 0.318 e. The molecule has 2 saturated heterocycles. The van der Waals surface area contributed by atoms with Crippen LogP contribution in [0.25, 0.3) is 0 Å². The fraction of sp³-hybridized carbons (Fsp3) is 0.559. The molecule has 2 aliphatic heterocycles. The van der Waals surface area contributed by atoms with Gasteiger partial charge in [-0.3, -0.25) is 4.98 Å². The van der Waals surface area contributed by atoms with Crippen LogP contribution < -0.4 is 14.4 Å². The number of piperidine rings is 1. The van der Waals surface area contributed by atoms with Crippen LogP contribution in [-0.4, -0.2) is 98.2 Å². The molecule has 0 unspecified atom stereocenters. The van der Waals surface area contributed by atoms with Gasteiger partial charge in [-0.15, -0.1) is 0 Å². The standard InChI is InChI=1S/C34H46N6O5S/c1-26-23-30(43-3)24-27(2)32(26)46(41,42)40(29-8-9-29)20-21-44-33-36-14-10-31(37-33)39-17-11-34(12-18-39,28-7-6-13-35-25-28)45-22-19-38-15-4-5-16-38/h6-7,10,13-14,23-25,29H,4-5,8-9,11-12,15-22H2,1-3H3. The lowest BCUT2D eigenvalue weighted by molar-refractivity contribution is -0.0727. The minimum Gasteiger partial charge on any atom is -0.497 e. The fourth-order valence-electron chi connectivity index (χ4n) is 6.84. The number of aromatic nitrogens is 3. The van der Waals surface area contributed by atoms with Crippen molar-refractivity contribution in [1.82, 2.24) is 24.2 Å². The Kier molecular flexibility index (Phi) is 10.1. The summed E-state index contributed by atoms with van der Waals surface area (Å²) >= 11 is 0. The fourth-order valence-corrected chi connectivity index (χ4v) is 8.92. The number of hydrogen-bond donors (Lipinski definition) is 0. The van der Waals surface area contributed by atoms with Gasteiger partial charge in [0.05, 0.1) is 24.2 Å². The van der Waals surface area contributed by atoms with E-state index in [9.17, 15) is 8.42 Å². The molecule has 0 N–H and O–H groups in total. The Balaban J connectivity index is 1.08. The molecule has 3 fully saturated rings. The van der Waals surface area contributed by atoms with Crippen LogP contribution in [0.15, 0.2) is 53.8 Å². The van der Waals surface area contributed by atoms with Crippen LogP contribution in [0.2, 0.25) is 0 Å². The predicted molar refractivity (Wildman–Crippen MR) is 176 cm³/mol. The molecule has 0 bridgehead atoms. The number of sulfonamides is 1. The summed E-state index contributed by atoms with van der Waals surface area (Å²) in [6.07, 6.45) is 11.3. The number of pyridine rings is 1. The van der Waals surface area contributed by atoms with Crippen molar-refractivity contribution in [3.63, 3.8) is 0 Å². The molecule has 0 atom stereocenters. The normalized spacial score (nSPS) is 18.7. The first-order valence-corrected chi connectivity index (χ1v) is 17.9. The van der Waals surface area contributed by atoms with Crippen molar-refractivity contribution in [1.29, 1.82) is 0 Å². The molecular weight excluding hydrogens is 604 g/mol. The number of hydrogen-bond acceptors (Lipinski definition) is 10. The van der Waals surface area contributed by atoms with Crippen LogP contribution in [0.5, 0.6) is 11.8 Å². The highest BCUT2D eigenvalue weighted by Gasteiger charge is 2.40. The van der Waals surface area contributed by atoms with E-state index in [1.54, 1.807) is 35.9 Å². The van der Waals surface area contributed by atoms with Crippen molar-refractivity contribution in [2.45, 2.75) is 68.9 Å². The van der Waals surface area contributed by atoms with Crippen molar-refractivity contribution in [3.8, 4) is 11.8 Å². The number of ether oxygens (including phenoxy) is 3. The van der Waals surface area contributed by atoms with Gasteiger partial charge in [-0.25, -0.2) is 13.4 Å². The highest BCUT2D eigenvalue weighted by atomic mass is 32.2. The number of rotatable bonds is 14. The highest BCUT2D eigenvalue weighted by Crippen LogP contribution is 2.38. The maximum atomic E-state index is 13.8. The number of benzene rings is 1. The monoisotopic (exact) mass is 650 g/mol. The third-order valence-corrected chi connectivity index (χ3v) is 11.7. The molecule has 1 aromatic carbocycles. The van der Waals surface area contributed by atoms with E-state index in [0.29, 0.717) is 28.4 Å². The zero-order valence-corrected chi connectivity index (χ0v) is 28.0. The number of methoxy groups -OCH3 is 1. The van der Waals surface area contributed by atoms with E-state index < -0.39 is 10.0 Å². The largest absolute Gasteiger partial charge is 0.497 e. The van der Waals surface area contributed by atoms with Gasteiger partial charge in [0.25, 0.3) is 0 Å². The van der Waals surface area contributed by atoms with Crippen LogP contribution in [-0.2, 0) is 20.4 Å². The Morgan fingerprint density at radius 1 is 1.00 bits per heavy atom. The highest BCUT2D eigenvalue weighted by molar-refractivity contribution is 7.89. The van der Waals surface area contributed by atoms with Gasteiger partial charge in [0.15, 0.2) is 0 Å². The quantitative estimate of drug-likeness (QED) is 0.250. The summed E-state index contributed by atoms with van der Waals surface area (Å²) in [5.41, 5.74) is 2.09. The van der Waals surface area contributed by atoms with Crippen LogP contribution in [0, 0.1) is 13.8 Å². The Morgan fingerprint density at radius 2 is 1.74 bits per heavy atom. The molecule has 0 radical (unpaired) electrons. The van der Waals surface area contributed by atoms with Gasteiger partial charge >= 0.3 is 6.01 Å². The minimum atomic E-state index is -3.72. The van der Waals surface area contributed by atoms with Gasteiger partial charge in [0.2, 0.25) is 10.0 Å². The van der Waals surface area contributed by atoms with Crippen molar-refractivity contribution < 1.29 is 22.6 Å². The molecule has 0 amide bonds. The first-order chi connectivity index (χ1) is 22.3. The molecule has 12 heteroatoms. The number of nitrogens with zero attached hydrogens (tertiary/aromatic N) is 6. The second kappa shape index (κ2) is 14.2. The van der Waals surface area contributed by atoms with Gasteiger partial charge in [-0.1, -0.05) is 6.07 Å². The molecule has 3 aromatic rings. The van der Waals surface area contributed by atoms with Crippen molar-refractivity contribution >= 4 is 15.8 Å². The van der Waals surface area contributed by atoms with Crippen LogP contribution in [0.1, 0.15) is 55.2 Å². The summed E-state index contributed by atoms with van der Waals surface area (Å²) in [6, 6.07) is 9.76. The first-order valence-electron chi connectivity index (χ1n) is 16.4. The SMILES string of the molecule is COc1cc(C)c(S(=O)(=O)N(CCOc2nccc(N3CCC(OCCN4CCCC4)(c4cccnc4)CC3)n2)C2CC2)c(C)c1. The maximum Gasteiger partial charge on any atom is 0.318 e. The molecule has 248 valence electrons. The summed E-state index contributed by atoms with van der Waals surface area (Å²) in [6.45, 7) is 9.50. The van der Waals surface area contributed by atoms with E-state index in [1.807, 2.05) is 32.2 Å². The number of anilines is 1. The zero-order valence-electron chi connectivity index (χ0n) is 27.2. The average Bonchev–Trinajstić information content (AvgIpc) is 3.76. The Labute approximate surface area is 273 Å². The molecule has 4 heterocycles. The summed E-state index contributed by atoms with van der Waals surface area (Å²) in [5, 5.41) is 0. The minimum absolute atomic E-state index is 0.0206. The van der Waals surface area contributed by atoms with Gasteiger partial charge in [-0.2, -0.15) is 9.29 Å². The molecule has 46 heavy (non-hydrogen) atoms. The van der Waals surface area contributed by atoms with E-state index in [2.05, 4.69) is 25.8 Å². The zero-order chi connectivity index (χ0) is 32.1. The lowest BCUT2D eigenvalue weighted by atomic mass is 9.85. The molecule has 11 nitrogen and oxygen atoms in total. The number of likely N-dealkylation sites (tertiary alicyclic amines) is 1. The molecule has 0 spiro atoms. The molecule has 3 aliphatic rings. The molecule has 2 aromatic heterocycles. The van der Waals surface area contributed by atoms with Crippen molar-refractivity contribution in [3.05, 3.63) is 65.6 Å². The lowest BCUT2D eigenvalue weighted by Gasteiger charge is -2.42. The first kappa shape index (κ1) is 32.6. The third kappa shape index (κ3) is 7.30. The van der Waals surface area contributed by atoms with Crippen LogP contribution in [0.4, 0.5) is 5.82 Å².